The van der Waals surface area contributed by atoms with Crippen molar-refractivity contribution in [1.29, 1.82) is 0 Å². The van der Waals surface area contributed by atoms with Crippen molar-refractivity contribution >= 4 is 43.7 Å². The first-order valence-corrected chi connectivity index (χ1v) is 14.3. The molecule has 1 aliphatic rings. The summed E-state index contributed by atoms with van der Waals surface area (Å²) in [6, 6.07) is 29.0. The minimum atomic E-state index is 0.331. The Hall–Kier alpha value is -2.79. The van der Waals surface area contributed by atoms with Crippen molar-refractivity contribution in [2.24, 2.45) is 0 Å². The van der Waals surface area contributed by atoms with Gasteiger partial charge in [0.25, 0.3) is 0 Å². The van der Waals surface area contributed by atoms with Gasteiger partial charge in [0.05, 0.1) is 0 Å². The molecule has 33 heavy (non-hydrogen) atoms. The Labute approximate surface area is 203 Å². The van der Waals surface area contributed by atoms with Crippen LogP contribution < -0.4 is 21.2 Å². The van der Waals surface area contributed by atoms with E-state index in [9.17, 15) is 0 Å². The summed E-state index contributed by atoms with van der Waals surface area (Å²) in [7, 11) is 0. The molecule has 0 radical (unpaired) electrons. The molecule has 6 aromatic rings. The molecule has 0 N–H and O–H groups in total. The Morgan fingerprint density at radius 2 is 1.61 bits per heavy atom. The van der Waals surface area contributed by atoms with Gasteiger partial charge in [-0.15, -0.1) is 0 Å². The summed E-state index contributed by atoms with van der Waals surface area (Å²) in [5.41, 5.74) is 8.43. The second kappa shape index (κ2) is 7.36. The van der Waals surface area contributed by atoms with Crippen molar-refractivity contribution in [3.8, 4) is 5.69 Å². The Morgan fingerprint density at radius 1 is 0.818 bits per heavy atom. The summed E-state index contributed by atoms with van der Waals surface area (Å²) < 4.78 is 10.5. The molecule has 164 valence electrons. The van der Waals surface area contributed by atoms with E-state index in [4.69, 9.17) is 4.42 Å². The third-order valence-electron chi connectivity index (χ3n) is 7.03. The zero-order chi connectivity index (χ0) is 22.1. The third-order valence-corrected chi connectivity index (χ3v) is 10.8. The standard InChI is InChI=1S/C30H25INO/c1-3-8-25-29(31-25)19-13-14-27-23(16-19)21-9-4-6-11-26(21)32(27)20-15-18(2)30-24(17-20)22-10-5-7-12-28(22)33-30/h4-7,9-17,25,29H,3,8H2,1-2H3/q-1. The van der Waals surface area contributed by atoms with E-state index in [0.29, 0.717) is 21.2 Å². The molecule has 0 saturated carbocycles. The number of aryl methyl sites for hydroxylation is 1. The molecule has 0 amide bonds. The van der Waals surface area contributed by atoms with Crippen molar-refractivity contribution in [1.82, 2.24) is 4.57 Å². The molecule has 3 heteroatoms. The van der Waals surface area contributed by atoms with E-state index < -0.39 is 0 Å². The van der Waals surface area contributed by atoms with Crippen LogP contribution in [0.4, 0.5) is 0 Å². The van der Waals surface area contributed by atoms with E-state index in [1.165, 1.54) is 56.7 Å². The van der Waals surface area contributed by atoms with Crippen molar-refractivity contribution in [3.05, 3.63) is 90.0 Å². The van der Waals surface area contributed by atoms with E-state index in [1.54, 1.807) is 5.56 Å². The molecule has 4 aromatic carbocycles. The molecule has 3 heterocycles. The molecule has 2 atom stereocenters. The minimum absolute atomic E-state index is 0.331. The normalized spacial score (nSPS) is 18.4. The number of hydrogen-bond acceptors (Lipinski definition) is 1. The van der Waals surface area contributed by atoms with Crippen molar-refractivity contribution in [3.63, 3.8) is 0 Å². The van der Waals surface area contributed by atoms with Crippen LogP contribution in [0.15, 0.2) is 83.3 Å². The topological polar surface area (TPSA) is 18.1 Å². The number of nitrogens with zero attached hydrogens (tertiary/aromatic N) is 1. The molecule has 0 aliphatic carbocycles. The van der Waals surface area contributed by atoms with E-state index in [0.717, 1.165) is 19.0 Å². The van der Waals surface area contributed by atoms with Crippen LogP contribution in [-0.4, -0.2) is 8.49 Å². The summed E-state index contributed by atoms with van der Waals surface area (Å²) >= 11 is 0.331. The predicted octanol–water partition coefficient (Wildman–Crippen LogP) is 5.30. The number of halogens is 1. The zero-order valence-corrected chi connectivity index (χ0v) is 21.0. The predicted molar refractivity (Wildman–Crippen MR) is 134 cm³/mol. The fourth-order valence-electron chi connectivity index (χ4n) is 5.45. The fourth-order valence-corrected chi connectivity index (χ4v) is 8.76. The van der Waals surface area contributed by atoms with Gasteiger partial charge >= 0.3 is 198 Å². The first kappa shape index (κ1) is 19.7. The number of rotatable bonds is 4. The van der Waals surface area contributed by atoms with Crippen molar-refractivity contribution in [2.75, 3.05) is 0 Å². The summed E-state index contributed by atoms with van der Waals surface area (Å²) in [5.74, 6) is 0. The van der Waals surface area contributed by atoms with E-state index >= 15 is 0 Å². The Bertz CT molecular complexity index is 1690. The van der Waals surface area contributed by atoms with Gasteiger partial charge in [0, 0.05) is 0 Å². The van der Waals surface area contributed by atoms with Crippen LogP contribution in [0.2, 0.25) is 0 Å². The average molecular weight is 542 g/mol. The van der Waals surface area contributed by atoms with Crippen LogP contribution in [0.25, 0.3) is 49.4 Å². The Morgan fingerprint density at radius 3 is 2.48 bits per heavy atom. The molecule has 2 aromatic heterocycles. The maximum absolute atomic E-state index is 6.20. The molecule has 0 bridgehead atoms. The zero-order valence-electron chi connectivity index (χ0n) is 18.8. The van der Waals surface area contributed by atoms with Crippen molar-refractivity contribution in [2.45, 2.75) is 34.5 Å². The quantitative estimate of drug-likeness (QED) is 0.218. The van der Waals surface area contributed by atoms with Gasteiger partial charge in [-0.1, -0.05) is 6.07 Å². The molecule has 7 rings (SSSR count). The summed E-state index contributed by atoms with van der Waals surface area (Å²) in [5, 5.41) is 5.09. The van der Waals surface area contributed by atoms with Crippen LogP contribution in [-0.2, 0) is 0 Å². The molecule has 1 fully saturated rings. The molecule has 2 nitrogen and oxygen atoms in total. The van der Waals surface area contributed by atoms with Gasteiger partial charge in [-0.2, -0.15) is 0 Å². The van der Waals surface area contributed by atoms with Gasteiger partial charge in [0.15, 0.2) is 0 Å². The molecule has 0 spiro atoms. The van der Waals surface area contributed by atoms with Crippen LogP contribution in [0.5, 0.6) is 0 Å². The first-order valence-electron chi connectivity index (χ1n) is 11.8. The summed E-state index contributed by atoms with van der Waals surface area (Å²) in [6.45, 7) is 4.48. The third kappa shape index (κ3) is 2.98. The summed E-state index contributed by atoms with van der Waals surface area (Å²) in [4.78, 5) is 0. The monoisotopic (exact) mass is 542 g/mol. The SMILES string of the molecule is CCCC1[I-]C1c1ccc2c(c1)c1ccccc1n2-c1cc(C)c2oc3ccccc3c2c1. The van der Waals surface area contributed by atoms with Crippen LogP contribution in [0.1, 0.15) is 34.8 Å². The maximum atomic E-state index is 6.20. The second-order valence-corrected chi connectivity index (χ2v) is 12.9. The molecule has 1 aliphatic heterocycles. The molecule has 1 saturated heterocycles. The number of alkyl halides is 2. The number of fused-ring (bicyclic) bond motifs is 6. The number of furan rings is 1. The van der Waals surface area contributed by atoms with Gasteiger partial charge < -0.3 is 0 Å². The average Bonchev–Trinajstić information content (AvgIpc) is 3.39. The van der Waals surface area contributed by atoms with Crippen LogP contribution >= 0.6 is 0 Å². The Kier molecular flexibility index (Phi) is 4.38. The van der Waals surface area contributed by atoms with Gasteiger partial charge in [-0.05, 0) is 0 Å². The fraction of sp³-hybridized carbons (Fsp3) is 0.200. The van der Waals surface area contributed by atoms with Crippen molar-refractivity contribution < 1.29 is 25.6 Å². The van der Waals surface area contributed by atoms with Gasteiger partial charge in [0.1, 0.15) is 0 Å². The van der Waals surface area contributed by atoms with Crippen LogP contribution in [0.3, 0.4) is 0 Å². The van der Waals surface area contributed by atoms with Gasteiger partial charge in [0.2, 0.25) is 0 Å². The number of para-hydroxylation sites is 2. The van der Waals surface area contributed by atoms with Gasteiger partial charge in [-0.25, -0.2) is 0 Å². The van der Waals surface area contributed by atoms with E-state index in [2.05, 4.69) is 91.2 Å². The Balaban J connectivity index is 1.48. The number of aromatic nitrogens is 1. The van der Waals surface area contributed by atoms with E-state index in [1.807, 2.05) is 6.07 Å². The van der Waals surface area contributed by atoms with Gasteiger partial charge in [-0.3, -0.25) is 0 Å². The second-order valence-electron chi connectivity index (χ2n) is 9.20. The number of hydrogen-bond donors (Lipinski definition) is 0. The number of benzene rings is 4. The summed E-state index contributed by atoms with van der Waals surface area (Å²) in [6.07, 6.45) is 2.71. The molecular formula is C30H25INO-. The molecular weight excluding hydrogens is 517 g/mol. The van der Waals surface area contributed by atoms with E-state index in [-0.39, 0.29) is 0 Å². The molecule has 2 unspecified atom stereocenters. The van der Waals surface area contributed by atoms with Crippen LogP contribution in [0, 0.1) is 6.92 Å². The first-order chi connectivity index (χ1) is 16.2.